The van der Waals surface area contributed by atoms with Crippen LogP contribution in [0.1, 0.15) is 21.5 Å². The maximum atomic E-state index is 11.0. The van der Waals surface area contributed by atoms with E-state index < -0.39 is 5.97 Å². The van der Waals surface area contributed by atoms with Crippen LogP contribution in [0.2, 0.25) is 0 Å². The molecular formula is C16H15BrN2O3. The zero-order valence-corrected chi connectivity index (χ0v) is 13.3. The lowest BCUT2D eigenvalue weighted by atomic mass is 10.1. The van der Waals surface area contributed by atoms with E-state index in [-0.39, 0.29) is 17.9 Å². The van der Waals surface area contributed by atoms with Gasteiger partial charge in [-0.3, -0.25) is 4.79 Å². The first-order chi connectivity index (χ1) is 10.5. The molecule has 6 heteroatoms. The second kappa shape index (κ2) is 7.09. The van der Waals surface area contributed by atoms with E-state index in [1.54, 1.807) is 18.2 Å². The van der Waals surface area contributed by atoms with Gasteiger partial charge >= 0.3 is 5.97 Å². The van der Waals surface area contributed by atoms with Gasteiger partial charge in [0.25, 0.3) is 0 Å². The normalized spacial score (nSPS) is 10.2. The average molecular weight is 363 g/mol. The minimum atomic E-state index is -0.954. The molecule has 0 unspecified atom stereocenters. The Hall–Kier alpha value is -2.34. The van der Waals surface area contributed by atoms with Gasteiger partial charge in [-0.05, 0) is 41.5 Å². The molecule has 0 aliphatic carbocycles. The summed E-state index contributed by atoms with van der Waals surface area (Å²) in [4.78, 5) is 21.8. The fourth-order valence-corrected chi connectivity index (χ4v) is 2.37. The molecule has 0 aliphatic rings. The number of halogens is 1. The predicted molar refractivity (Wildman–Crippen MR) is 87.8 cm³/mol. The zero-order valence-electron chi connectivity index (χ0n) is 11.7. The molecule has 0 saturated heterocycles. The highest BCUT2D eigenvalue weighted by molar-refractivity contribution is 9.10. The van der Waals surface area contributed by atoms with Crippen molar-refractivity contribution in [2.75, 3.05) is 5.32 Å². The van der Waals surface area contributed by atoms with Crippen molar-refractivity contribution in [2.45, 2.75) is 13.0 Å². The van der Waals surface area contributed by atoms with Crippen molar-refractivity contribution in [1.82, 2.24) is 0 Å². The summed E-state index contributed by atoms with van der Waals surface area (Å²) in [5.41, 5.74) is 7.97. The number of rotatable bonds is 6. The number of carbonyl (C=O) groups excluding carboxylic acids is 1. The summed E-state index contributed by atoms with van der Waals surface area (Å²) in [6.45, 7) is 0.483. The third-order valence-electron chi connectivity index (χ3n) is 3.11. The highest BCUT2D eigenvalue weighted by atomic mass is 79.9. The lowest BCUT2D eigenvalue weighted by Crippen LogP contribution is -2.13. The van der Waals surface area contributed by atoms with Crippen LogP contribution in [0.25, 0.3) is 0 Å². The summed E-state index contributed by atoms with van der Waals surface area (Å²) in [7, 11) is 0. The van der Waals surface area contributed by atoms with Crippen LogP contribution in [-0.4, -0.2) is 17.0 Å². The van der Waals surface area contributed by atoms with Gasteiger partial charge in [0.2, 0.25) is 5.91 Å². The van der Waals surface area contributed by atoms with E-state index in [2.05, 4.69) is 21.2 Å². The van der Waals surface area contributed by atoms with Gasteiger partial charge in [-0.15, -0.1) is 0 Å². The quantitative estimate of drug-likeness (QED) is 0.736. The summed E-state index contributed by atoms with van der Waals surface area (Å²) in [6.07, 6.45) is 0.215. The van der Waals surface area contributed by atoms with Crippen molar-refractivity contribution < 1.29 is 14.7 Å². The lowest BCUT2D eigenvalue weighted by Gasteiger charge is -2.10. The number of anilines is 1. The van der Waals surface area contributed by atoms with Crippen molar-refractivity contribution >= 4 is 33.5 Å². The maximum absolute atomic E-state index is 11.0. The molecule has 4 N–H and O–H groups in total. The molecule has 22 heavy (non-hydrogen) atoms. The Balaban J connectivity index is 2.05. The number of hydrogen-bond donors (Lipinski definition) is 3. The number of primary amides is 1. The Morgan fingerprint density at radius 1 is 1.14 bits per heavy atom. The second-order valence-electron chi connectivity index (χ2n) is 4.80. The van der Waals surface area contributed by atoms with E-state index in [1.165, 1.54) is 0 Å². The summed E-state index contributed by atoms with van der Waals surface area (Å²) in [5, 5.41) is 12.2. The number of carboxylic acid groups (broad SMARTS) is 1. The number of aromatic carboxylic acids is 1. The van der Waals surface area contributed by atoms with E-state index in [1.807, 2.05) is 24.3 Å². The van der Waals surface area contributed by atoms with E-state index in [0.29, 0.717) is 6.54 Å². The molecule has 0 aliphatic heterocycles. The molecule has 114 valence electrons. The summed E-state index contributed by atoms with van der Waals surface area (Å²) < 4.78 is 0.843. The third kappa shape index (κ3) is 4.33. The first-order valence-corrected chi connectivity index (χ1v) is 7.38. The fraction of sp³-hybridized carbons (Fsp3) is 0.125. The fourth-order valence-electron chi connectivity index (χ4n) is 1.98. The van der Waals surface area contributed by atoms with E-state index >= 15 is 0 Å². The monoisotopic (exact) mass is 362 g/mol. The molecule has 0 heterocycles. The molecule has 0 fully saturated rings. The average Bonchev–Trinajstić information content (AvgIpc) is 2.47. The van der Waals surface area contributed by atoms with Gasteiger partial charge in [0, 0.05) is 16.7 Å². The highest BCUT2D eigenvalue weighted by Gasteiger charge is 2.07. The zero-order chi connectivity index (χ0) is 16.1. The number of carboxylic acids is 1. The van der Waals surface area contributed by atoms with E-state index in [0.717, 1.165) is 21.3 Å². The van der Waals surface area contributed by atoms with Crippen LogP contribution in [-0.2, 0) is 17.8 Å². The summed E-state index contributed by atoms with van der Waals surface area (Å²) >= 11 is 3.41. The van der Waals surface area contributed by atoms with Crippen molar-refractivity contribution in [3.05, 3.63) is 63.6 Å². The number of amides is 1. The van der Waals surface area contributed by atoms with Gasteiger partial charge < -0.3 is 16.2 Å². The van der Waals surface area contributed by atoms with Gasteiger partial charge in [-0.25, -0.2) is 4.79 Å². The Bertz CT molecular complexity index is 699. The van der Waals surface area contributed by atoms with Gasteiger partial charge in [0.05, 0.1) is 12.0 Å². The third-order valence-corrected chi connectivity index (χ3v) is 3.88. The summed E-state index contributed by atoms with van der Waals surface area (Å²) in [6, 6.07) is 12.3. The minimum absolute atomic E-state index is 0.215. The molecule has 0 atom stereocenters. The molecule has 0 bridgehead atoms. The Morgan fingerprint density at radius 2 is 1.82 bits per heavy atom. The molecule has 1 amide bonds. The van der Waals surface area contributed by atoms with Gasteiger partial charge in [-0.1, -0.05) is 28.1 Å². The molecule has 2 aromatic carbocycles. The SMILES string of the molecule is NC(=O)Cc1ccc(NCc2cc(C(=O)O)ccc2Br)cc1. The molecular weight excluding hydrogens is 348 g/mol. The van der Waals surface area contributed by atoms with Crippen LogP contribution in [0.5, 0.6) is 0 Å². The topological polar surface area (TPSA) is 92.4 Å². The maximum Gasteiger partial charge on any atom is 0.335 e. The number of benzene rings is 2. The number of hydrogen-bond acceptors (Lipinski definition) is 3. The van der Waals surface area contributed by atoms with Gasteiger partial charge in [0.15, 0.2) is 0 Å². The first-order valence-electron chi connectivity index (χ1n) is 6.58. The number of nitrogens with one attached hydrogen (secondary N) is 1. The van der Waals surface area contributed by atoms with Crippen molar-refractivity contribution in [1.29, 1.82) is 0 Å². The Morgan fingerprint density at radius 3 is 2.41 bits per heavy atom. The van der Waals surface area contributed by atoms with Crippen LogP contribution >= 0.6 is 15.9 Å². The van der Waals surface area contributed by atoms with Crippen LogP contribution < -0.4 is 11.1 Å². The summed E-state index contributed by atoms with van der Waals surface area (Å²) in [5.74, 6) is -1.32. The highest BCUT2D eigenvalue weighted by Crippen LogP contribution is 2.20. The van der Waals surface area contributed by atoms with Crippen LogP contribution in [0.3, 0.4) is 0 Å². The van der Waals surface area contributed by atoms with Crippen LogP contribution in [0, 0.1) is 0 Å². The lowest BCUT2D eigenvalue weighted by molar-refractivity contribution is -0.117. The first kappa shape index (κ1) is 16.0. The number of nitrogens with two attached hydrogens (primary N) is 1. The van der Waals surface area contributed by atoms with Crippen molar-refractivity contribution in [2.24, 2.45) is 5.73 Å². The van der Waals surface area contributed by atoms with Gasteiger partial charge in [-0.2, -0.15) is 0 Å². The van der Waals surface area contributed by atoms with Crippen molar-refractivity contribution in [3.63, 3.8) is 0 Å². The van der Waals surface area contributed by atoms with Crippen LogP contribution in [0.4, 0.5) is 5.69 Å². The molecule has 2 rings (SSSR count). The smallest absolute Gasteiger partial charge is 0.335 e. The minimum Gasteiger partial charge on any atom is -0.478 e. The van der Waals surface area contributed by atoms with Crippen LogP contribution in [0.15, 0.2) is 46.9 Å². The largest absolute Gasteiger partial charge is 0.478 e. The molecule has 0 saturated carbocycles. The van der Waals surface area contributed by atoms with Crippen molar-refractivity contribution in [3.8, 4) is 0 Å². The Labute approximate surface area is 136 Å². The predicted octanol–water partition coefficient (Wildman–Crippen LogP) is 2.79. The molecule has 2 aromatic rings. The number of carbonyl (C=O) groups is 2. The van der Waals surface area contributed by atoms with E-state index in [9.17, 15) is 9.59 Å². The molecule has 5 nitrogen and oxygen atoms in total. The molecule has 0 radical (unpaired) electrons. The van der Waals surface area contributed by atoms with Gasteiger partial charge in [0.1, 0.15) is 0 Å². The van der Waals surface area contributed by atoms with E-state index in [4.69, 9.17) is 10.8 Å². The Kier molecular flexibility index (Phi) is 5.16. The molecule has 0 aromatic heterocycles. The standard InChI is InChI=1S/C16H15BrN2O3/c17-14-6-3-11(16(21)22)8-12(14)9-19-13-4-1-10(2-5-13)7-15(18)20/h1-6,8,19H,7,9H2,(H2,18,20)(H,21,22). The second-order valence-corrected chi connectivity index (χ2v) is 5.66. The molecule has 0 spiro atoms.